The number of furan rings is 1. The van der Waals surface area contributed by atoms with Crippen LogP contribution in [0.4, 0.5) is 0 Å². The van der Waals surface area contributed by atoms with Crippen LogP contribution in [0.15, 0.2) is 186 Å². The Bertz CT molecular complexity index is 3470. The monoisotopic (exact) mass is 702 g/mol. The van der Waals surface area contributed by atoms with Gasteiger partial charge in [0.05, 0.1) is 38.7 Å². The zero-order valence-electron chi connectivity index (χ0n) is 29.5. The van der Waals surface area contributed by atoms with Crippen LogP contribution in [-0.2, 0) is 0 Å². The van der Waals surface area contributed by atoms with Crippen molar-refractivity contribution in [3.63, 3.8) is 0 Å². The van der Waals surface area contributed by atoms with Crippen molar-refractivity contribution in [1.29, 1.82) is 0 Å². The normalized spacial score (nSPS) is 12.0. The van der Waals surface area contributed by atoms with Crippen molar-refractivity contribution in [2.24, 2.45) is 0 Å². The lowest BCUT2D eigenvalue weighted by Gasteiger charge is -2.12. The summed E-state index contributed by atoms with van der Waals surface area (Å²) in [7, 11) is 0. The Labute approximate surface area is 315 Å². The van der Waals surface area contributed by atoms with Gasteiger partial charge in [-0.05, 0) is 65.7 Å². The van der Waals surface area contributed by atoms with Gasteiger partial charge in [0.1, 0.15) is 11.2 Å². The number of hydrogen-bond acceptors (Lipinski definition) is 3. The summed E-state index contributed by atoms with van der Waals surface area (Å²) in [4.78, 5) is 10.6. The van der Waals surface area contributed by atoms with Gasteiger partial charge in [-0.1, -0.05) is 127 Å². The van der Waals surface area contributed by atoms with Crippen LogP contribution in [0.5, 0.6) is 0 Å². The fourth-order valence-corrected chi connectivity index (χ4v) is 8.76. The second-order valence-electron chi connectivity index (χ2n) is 14.1. The smallest absolute Gasteiger partial charge is 0.235 e. The lowest BCUT2D eigenvalue weighted by Crippen LogP contribution is -2.03. The maximum absolute atomic E-state index is 6.49. The minimum atomic E-state index is 0.645. The second-order valence-corrected chi connectivity index (χ2v) is 14.1. The van der Waals surface area contributed by atoms with E-state index >= 15 is 0 Å². The van der Waals surface area contributed by atoms with Crippen molar-refractivity contribution in [3.05, 3.63) is 182 Å². The van der Waals surface area contributed by atoms with Crippen molar-refractivity contribution >= 4 is 76.5 Å². The first kappa shape index (κ1) is 30.0. The number of benzene rings is 8. The molecule has 12 aromatic rings. The summed E-state index contributed by atoms with van der Waals surface area (Å²) in [5.74, 6) is 0.645. The van der Waals surface area contributed by atoms with Crippen molar-refractivity contribution in [2.75, 3.05) is 0 Å². The highest BCUT2D eigenvalue weighted by molar-refractivity contribution is 6.33. The van der Waals surface area contributed by atoms with E-state index < -0.39 is 0 Å². The molecule has 0 aliphatic rings. The molecule has 5 nitrogen and oxygen atoms in total. The molecule has 55 heavy (non-hydrogen) atoms. The van der Waals surface area contributed by atoms with E-state index in [1.165, 1.54) is 27.3 Å². The van der Waals surface area contributed by atoms with Crippen LogP contribution in [0.1, 0.15) is 0 Å². The summed E-state index contributed by atoms with van der Waals surface area (Å²) < 4.78 is 11.2. The first-order valence-electron chi connectivity index (χ1n) is 18.6. The van der Waals surface area contributed by atoms with E-state index in [1.54, 1.807) is 0 Å². The molecule has 8 aromatic carbocycles. The fourth-order valence-electron chi connectivity index (χ4n) is 8.76. The molecule has 0 aliphatic heterocycles. The molecule has 4 heterocycles. The topological polar surface area (TPSA) is 48.8 Å². The maximum atomic E-state index is 6.49. The number of hydrogen-bond donors (Lipinski definition) is 0. The predicted octanol–water partition coefficient (Wildman–Crippen LogP) is 13.1. The molecule has 0 aliphatic carbocycles. The largest absolute Gasteiger partial charge is 0.456 e. The molecule has 0 N–H and O–H groups in total. The Morgan fingerprint density at radius 3 is 1.78 bits per heavy atom. The van der Waals surface area contributed by atoms with Crippen molar-refractivity contribution in [1.82, 2.24) is 19.1 Å². The Morgan fingerprint density at radius 1 is 0.364 bits per heavy atom. The summed E-state index contributed by atoms with van der Waals surface area (Å²) in [5.41, 5.74) is 12.5. The van der Waals surface area contributed by atoms with Gasteiger partial charge >= 0.3 is 0 Å². The SMILES string of the molecule is c1ccc(-c2ccc(-n3c4ccc5c(c6ccccc6n5-c5nc(-c6ccccc6)c6ccccc6n5)c4c4ccc5oc6ccccc6c5c43)cc2)cc1. The highest BCUT2D eigenvalue weighted by atomic mass is 16.3. The molecule has 0 saturated carbocycles. The predicted molar refractivity (Wildman–Crippen MR) is 226 cm³/mol. The first-order chi connectivity index (χ1) is 27.3. The van der Waals surface area contributed by atoms with Crippen LogP contribution >= 0.6 is 0 Å². The van der Waals surface area contributed by atoms with Gasteiger partial charge in [-0.25, -0.2) is 9.97 Å². The number of rotatable bonds is 4. The van der Waals surface area contributed by atoms with E-state index in [1.807, 2.05) is 18.2 Å². The number of nitrogens with zero attached hydrogens (tertiary/aromatic N) is 4. The van der Waals surface area contributed by atoms with E-state index in [0.29, 0.717) is 5.95 Å². The van der Waals surface area contributed by atoms with Gasteiger partial charge in [-0.2, -0.15) is 0 Å². The molecule has 0 amide bonds. The van der Waals surface area contributed by atoms with E-state index in [9.17, 15) is 0 Å². The van der Waals surface area contributed by atoms with Crippen LogP contribution in [0.2, 0.25) is 0 Å². The van der Waals surface area contributed by atoms with Crippen LogP contribution in [0.3, 0.4) is 0 Å². The highest BCUT2D eigenvalue weighted by Crippen LogP contribution is 2.46. The molecule has 0 fully saturated rings. The Morgan fingerprint density at radius 2 is 0.982 bits per heavy atom. The van der Waals surface area contributed by atoms with Gasteiger partial charge < -0.3 is 8.98 Å². The highest BCUT2D eigenvalue weighted by Gasteiger charge is 2.24. The van der Waals surface area contributed by atoms with Gasteiger partial charge in [0.25, 0.3) is 0 Å². The summed E-state index contributed by atoms with van der Waals surface area (Å²) in [6, 6.07) is 64.1. The molecule has 0 atom stereocenters. The van der Waals surface area contributed by atoms with Gasteiger partial charge in [-0.3, -0.25) is 4.57 Å². The summed E-state index contributed by atoms with van der Waals surface area (Å²) in [6.45, 7) is 0. The molecular formula is C50H30N4O. The van der Waals surface area contributed by atoms with Gasteiger partial charge in [0.2, 0.25) is 5.95 Å². The summed E-state index contributed by atoms with van der Waals surface area (Å²) in [6.07, 6.45) is 0. The third-order valence-corrected chi connectivity index (χ3v) is 11.1. The minimum absolute atomic E-state index is 0.645. The van der Waals surface area contributed by atoms with E-state index in [-0.39, 0.29) is 0 Å². The number of aromatic nitrogens is 4. The molecule has 5 heteroatoms. The van der Waals surface area contributed by atoms with Gasteiger partial charge in [-0.15, -0.1) is 0 Å². The van der Waals surface area contributed by atoms with Crippen molar-refractivity contribution in [3.8, 4) is 34.0 Å². The third-order valence-electron chi connectivity index (χ3n) is 11.1. The number of fused-ring (bicyclic) bond motifs is 12. The molecule has 0 saturated heterocycles. The lowest BCUT2D eigenvalue weighted by molar-refractivity contribution is 0.669. The van der Waals surface area contributed by atoms with E-state index in [0.717, 1.165) is 77.2 Å². The number of para-hydroxylation sites is 3. The molecule has 0 radical (unpaired) electrons. The van der Waals surface area contributed by atoms with E-state index in [2.05, 4.69) is 173 Å². The molecular weight excluding hydrogens is 673 g/mol. The van der Waals surface area contributed by atoms with Crippen molar-refractivity contribution in [2.45, 2.75) is 0 Å². The van der Waals surface area contributed by atoms with E-state index in [4.69, 9.17) is 14.4 Å². The molecule has 0 bridgehead atoms. The quantitative estimate of drug-likeness (QED) is 0.183. The summed E-state index contributed by atoms with van der Waals surface area (Å²) in [5, 5.41) is 7.91. The van der Waals surface area contributed by atoms with Crippen LogP contribution in [0, 0.1) is 0 Å². The molecule has 0 unspecified atom stereocenters. The first-order valence-corrected chi connectivity index (χ1v) is 18.6. The van der Waals surface area contributed by atoms with Crippen LogP contribution < -0.4 is 0 Å². The average Bonchev–Trinajstić information content (AvgIpc) is 3.91. The Hall–Kier alpha value is -7.50. The third kappa shape index (κ3) is 4.35. The standard InChI is InChI=1S/C50H30N4O/c1-3-13-31(14-4-1)32-23-25-34(26-24-32)53-41-28-29-42-45(46(41)38-27-30-44-47(49(38)53)37-19-9-12-22-43(37)55-44)36-18-8-11-21-40(36)54(42)50-51-39-20-10-7-17-35(39)48(52-50)33-15-5-2-6-16-33/h1-30H. The molecule has 256 valence electrons. The fraction of sp³-hybridized carbons (Fsp3) is 0. The lowest BCUT2D eigenvalue weighted by atomic mass is 10.0. The zero-order chi connectivity index (χ0) is 36.0. The Balaban J connectivity index is 1.21. The van der Waals surface area contributed by atoms with Gasteiger partial charge in [0, 0.05) is 43.6 Å². The zero-order valence-corrected chi connectivity index (χ0v) is 29.5. The van der Waals surface area contributed by atoms with Crippen molar-refractivity contribution < 1.29 is 4.42 Å². The molecule has 4 aromatic heterocycles. The molecule has 12 rings (SSSR count). The van der Waals surface area contributed by atoms with Crippen LogP contribution in [0.25, 0.3) is 110 Å². The second kappa shape index (κ2) is 11.5. The average molecular weight is 703 g/mol. The maximum Gasteiger partial charge on any atom is 0.235 e. The Kier molecular flexibility index (Phi) is 6.27. The van der Waals surface area contributed by atoms with Crippen LogP contribution in [-0.4, -0.2) is 19.1 Å². The molecule has 0 spiro atoms. The minimum Gasteiger partial charge on any atom is -0.456 e. The van der Waals surface area contributed by atoms with Gasteiger partial charge in [0.15, 0.2) is 0 Å². The summed E-state index contributed by atoms with van der Waals surface area (Å²) >= 11 is 0.